The number of nitrogens with zero attached hydrogens (tertiary/aromatic N) is 5. The summed E-state index contributed by atoms with van der Waals surface area (Å²) in [6, 6.07) is 12.0. The molecule has 7 heteroatoms. The van der Waals surface area contributed by atoms with Gasteiger partial charge in [-0.1, -0.05) is 12.1 Å². The van der Waals surface area contributed by atoms with Crippen LogP contribution in [0.5, 0.6) is 0 Å². The lowest BCUT2D eigenvalue weighted by atomic mass is 10.1. The molecule has 0 N–H and O–H groups in total. The van der Waals surface area contributed by atoms with Gasteiger partial charge in [-0.15, -0.1) is 11.3 Å². The van der Waals surface area contributed by atoms with Crippen LogP contribution >= 0.6 is 11.3 Å². The van der Waals surface area contributed by atoms with E-state index < -0.39 is 0 Å². The number of carbonyl (C=O) groups is 1. The molecular weight excluding hydrogens is 370 g/mol. The SMILES string of the molecule is O=C(Cc1cccs1)N1CC[C@H](c2nc3ccc(-c4cccnc4)cn3n2)C1. The molecule has 6 nitrogen and oxygen atoms in total. The molecule has 5 rings (SSSR count). The molecule has 0 saturated carbocycles. The smallest absolute Gasteiger partial charge is 0.227 e. The molecular formula is C21H19N5OS. The number of thiophene rings is 1. The standard InChI is InChI=1S/C21H19N5OS/c27-20(11-18-4-2-10-28-18)25-9-7-17(13-25)21-23-19-6-5-16(14-26(19)24-21)15-3-1-8-22-12-15/h1-6,8,10,12,14,17H,7,9,11,13H2/t17-/m0/s1. The van der Waals surface area contributed by atoms with E-state index in [2.05, 4.69) is 4.98 Å². The minimum Gasteiger partial charge on any atom is -0.342 e. The molecule has 1 amide bonds. The molecule has 1 aliphatic rings. The van der Waals surface area contributed by atoms with Crippen LogP contribution in [0.15, 0.2) is 60.4 Å². The number of aromatic nitrogens is 4. The van der Waals surface area contributed by atoms with Crippen molar-refractivity contribution in [3.63, 3.8) is 0 Å². The zero-order valence-electron chi connectivity index (χ0n) is 15.2. The molecule has 0 radical (unpaired) electrons. The van der Waals surface area contributed by atoms with Crippen LogP contribution in [-0.2, 0) is 11.2 Å². The number of likely N-dealkylation sites (tertiary alicyclic amines) is 1. The van der Waals surface area contributed by atoms with Gasteiger partial charge in [-0.3, -0.25) is 9.78 Å². The first-order chi connectivity index (χ1) is 13.8. The molecule has 4 aromatic rings. The molecule has 0 aromatic carbocycles. The number of carbonyl (C=O) groups excluding carboxylic acids is 1. The predicted molar refractivity (Wildman–Crippen MR) is 108 cm³/mol. The first-order valence-corrected chi connectivity index (χ1v) is 10.2. The van der Waals surface area contributed by atoms with Crippen LogP contribution < -0.4 is 0 Å². The van der Waals surface area contributed by atoms with E-state index >= 15 is 0 Å². The van der Waals surface area contributed by atoms with Crippen LogP contribution in [-0.4, -0.2) is 43.5 Å². The summed E-state index contributed by atoms with van der Waals surface area (Å²) in [5, 5.41) is 6.71. The topological polar surface area (TPSA) is 63.4 Å². The maximum atomic E-state index is 12.5. The maximum Gasteiger partial charge on any atom is 0.227 e. The second kappa shape index (κ2) is 7.16. The second-order valence-corrected chi connectivity index (χ2v) is 8.05. The molecule has 1 aliphatic heterocycles. The molecule has 1 fully saturated rings. The molecule has 1 saturated heterocycles. The van der Waals surface area contributed by atoms with Crippen LogP contribution in [0.1, 0.15) is 23.0 Å². The van der Waals surface area contributed by atoms with Crippen LogP contribution in [0.25, 0.3) is 16.8 Å². The Hall–Kier alpha value is -3.06. The highest BCUT2D eigenvalue weighted by molar-refractivity contribution is 7.10. The molecule has 0 unspecified atom stereocenters. The summed E-state index contributed by atoms with van der Waals surface area (Å²) in [6.07, 6.45) is 6.98. The Morgan fingerprint density at radius 1 is 1.18 bits per heavy atom. The van der Waals surface area contributed by atoms with E-state index in [1.807, 2.05) is 63.6 Å². The van der Waals surface area contributed by atoms with E-state index in [9.17, 15) is 4.79 Å². The van der Waals surface area contributed by atoms with Crippen molar-refractivity contribution < 1.29 is 4.79 Å². The molecule has 1 atom stereocenters. The average molecular weight is 389 g/mol. The Balaban J connectivity index is 1.33. The van der Waals surface area contributed by atoms with Crippen LogP contribution in [0.4, 0.5) is 0 Å². The Morgan fingerprint density at radius 2 is 2.14 bits per heavy atom. The van der Waals surface area contributed by atoms with Crippen molar-refractivity contribution in [3.8, 4) is 11.1 Å². The fourth-order valence-corrected chi connectivity index (χ4v) is 4.34. The van der Waals surface area contributed by atoms with E-state index in [-0.39, 0.29) is 11.8 Å². The first-order valence-electron chi connectivity index (χ1n) is 9.33. The Labute approximate surface area is 166 Å². The highest BCUT2D eigenvalue weighted by atomic mass is 32.1. The first kappa shape index (κ1) is 17.1. The molecule has 28 heavy (non-hydrogen) atoms. The van der Waals surface area contributed by atoms with Crippen molar-refractivity contribution in [1.82, 2.24) is 24.5 Å². The Bertz CT molecular complexity index is 1110. The fraction of sp³-hybridized carbons (Fsp3) is 0.238. The molecule has 0 bridgehead atoms. The molecule has 140 valence electrons. The van der Waals surface area contributed by atoms with Crippen molar-refractivity contribution in [2.45, 2.75) is 18.8 Å². The van der Waals surface area contributed by atoms with Gasteiger partial charge in [-0.05, 0) is 36.1 Å². The quantitative estimate of drug-likeness (QED) is 0.537. The number of rotatable bonds is 4. The predicted octanol–water partition coefficient (Wildman–Crippen LogP) is 3.41. The lowest BCUT2D eigenvalue weighted by Gasteiger charge is -2.15. The maximum absolute atomic E-state index is 12.5. The summed E-state index contributed by atoms with van der Waals surface area (Å²) < 4.78 is 1.83. The zero-order valence-corrected chi connectivity index (χ0v) is 16.0. The third-order valence-electron chi connectivity index (χ3n) is 5.15. The lowest BCUT2D eigenvalue weighted by Crippen LogP contribution is -2.29. The number of fused-ring (bicyclic) bond motifs is 1. The highest BCUT2D eigenvalue weighted by Crippen LogP contribution is 2.27. The van der Waals surface area contributed by atoms with E-state index in [4.69, 9.17) is 10.1 Å². The van der Waals surface area contributed by atoms with Crippen LogP contribution in [0.2, 0.25) is 0 Å². The summed E-state index contributed by atoms with van der Waals surface area (Å²) in [5.41, 5.74) is 2.93. The van der Waals surface area contributed by atoms with Crippen LogP contribution in [0, 0.1) is 0 Å². The van der Waals surface area contributed by atoms with E-state index in [1.165, 1.54) is 0 Å². The van der Waals surface area contributed by atoms with Gasteiger partial charge in [0.1, 0.15) is 0 Å². The van der Waals surface area contributed by atoms with Gasteiger partial charge in [-0.2, -0.15) is 5.10 Å². The second-order valence-electron chi connectivity index (χ2n) is 7.01. The van der Waals surface area contributed by atoms with Gasteiger partial charge in [0.2, 0.25) is 5.91 Å². The van der Waals surface area contributed by atoms with Gasteiger partial charge in [0.25, 0.3) is 0 Å². The molecule has 0 aliphatic carbocycles. The van der Waals surface area contributed by atoms with Crippen molar-refractivity contribution in [1.29, 1.82) is 0 Å². The van der Waals surface area contributed by atoms with Crippen LogP contribution in [0.3, 0.4) is 0 Å². The van der Waals surface area contributed by atoms with Crippen molar-refractivity contribution >= 4 is 22.9 Å². The zero-order chi connectivity index (χ0) is 18.9. The molecule has 4 aromatic heterocycles. The number of hydrogen-bond donors (Lipinski definition) is 0. The summed E-state index contributed by atoms with van der Waals surface area (Å²) in [5.74, 6) is 1.19. The minimum absolute atomic E-state index is 0.188. The largest absolute Gasteiger partial charge is 0.342 e. The van der Waals surface area contributed by atoms with Gasteiger partial charge in [0.05, 0.1) is 6.42 Å². The summed E-state index contributed by atoms with van der Waals surface area (Å²) >= 11 is 1.63. The monoisotopic (exact) mass is 389 g/mol. The number of pyridine rings is 2. The third kappa shape index (κ3) is 3.29. The Kier molecular flexibility index (Phi) is 4.37. The van der Waals surface area contributed by atoms with Gasteiger partial charge < -0.3 is 4.90 Å². The normalized spacial score (nSPS) is 16.7. The number of hydrogen-bond acceptors (Lipinski definition) is 5. The lowest BCUT2D eigenvalue weighted by molar-refractivity contribution is -0.129. The van der Waals surface area contributed by atoms with Gasteiger partial charge >= 0.3 is 0 Å². The fourth-order valence-electron chi connectivity index (χ4n) is 3.65. The molecule has 5 heterocycles. The van der Waals surface area contributed by atoms with Gasteiger partial charge in [0, 0.05) is 53.6 Å². The molecule has 0 spiro atoms. The van der Waals surface area contributed by atoms with E-state index in [0.29, 0.717) is 13.0 Å². The van der Waals surface area contributed by atoms with Crippen molar-refractivity contribution in [2.24, 2.45) is 0 Å². The van der Waals surface area contributed by atoms with Crippen molar-refractivity contribution in [2.75, 3.05) is 13.1 Å². The minimum atomic E-state index is 0.188. The van der Waals surface area contributed by atoms with Crippen molar-refractivity contribution in [3.05, 3.63) is 71.1 Å². The van der Waals surface area contributed by atoms with Gasteiger partial charge in [-0.25, -0.2) is 9.50 Å². The average Bonchev–Trinajstić information content (AvgIpc) is 3.47. The van der Waals surface area contributed by atoms with Gasteiger partial charge in [0.15, 0.2) is 11.5 Å². The third-order valence-corrected chi connectivity index (χ3v) is 6.03. The Morgan fingerprint density at radius 3 is 2.96 bits per heavy atom. The summed E-state index contributed by atoms with van der Waals surface area (Å²) in [6.45, 7) is 1.46. The van der Waals surface area contributed by atoms with E-state index in [0.717, 1.165) is 40.4 Å². The van der Waals surface area contributed by atoms with E-state index in [1.54, 1.807) is 17.5 Å². The summed E-state index contributed by atoms with van der Waals surface area (Å²) in [7, 11) is 0. The number of amides is 1. The summed E-state index contributed by atoms with van der Waals surface area (Å²) in [4.78, 5) is 24.5. The highest BCUT2D eigenvalue weighted by Gasteiger charge is 2.30.